The number of rotatable bonds is 4. The lowest BCUT2D eigenvalue weighted by Gasteiger charge is -2.33. The van der Waals surface area contributed by atoms with E-state index in [0.29, 0.717) is 62.5 Å². The van der Waals surface area contributed by atoms with Gasteiger partial charge in [0.15, 0.2) is 0 Å². The van der Waals surface area contributed by atoms with Crippen LogP contribution in [-0.2, 0) is 10.1 Å². The first-order chi connectivity index (χ1) is 14.7. The molecule has 31 heavy (non-hydrogen) atoms. The fourth-order valence-electron chi connectivity index (χ4n) is 6.02. The van der Waals surface area contributed by atoms with Gasteiger partial charge in [0.05, 0.1) is 18.3 Å². The molecule has 7 heteroatoms. The highest BCUT2D eigenvalue weighted by molar-refractivity contribution is 7.86. The van der Waals surface area contributed by atoms with Gasteiger partial charge in [-0.05, 0) is 111 Å². The third-order valence-electron chi connectivity index (χ3n) is 7.87. The Morgan fingerprint density at radius 2 is 0.903 bits per heavy atom. The van der Waals surface area contributed by atoms with Gasteiger partial charge < -0.3 is 15.3 Å². The Labute approximate surface area is 185 Å². The molecule has 3 aliphatic rings. The second kappa shape index (κ2) is 9.48. The molecule has 0 bridgehead atoms. The summed E-state index contributed by atoms with van der Waals surface area (Å²) in [6.07, 6.45) is 7.70. The Morgan fingerprint density at radius 3 is 1.23 bits per heavy atom. The van der Waals surface area contributed by atoms with Gasteiger partial charge in [-0.1, -0.05) is 12.1 Å². The molecule has 0 unspecified atom stereocenters. The van der Waals surface area contributed by atoms with Crippen LogP contribution in [0.2, 0.25) is 0 Å². The summed E-state index contributed by atoms with van der Waals surface area (Å²) in [5.41, 5.74) is 2.53. The lowest BCUT2D eigenvalue weighted by molar-refractivity contribution is 0.120. The van der Waals surface area contributed by atoms with Gasteiger partial charge in [-0.15, -0.1) is 0 Å². The van der Waals surface area contributed by atoms with Crippen molar-refractivity contribution in [3.05, 3.63) is 28.8 Å². The quantitative estimate of drug-likeness (QED) is 0.514. The van der Waals surface area contributed by atoms with Crippen LogP contribution in [0.5, 0.6) is 0 Å². The zero-order valence-corrected chi connectivity index (χ0v) is 18.9. The molecule has 174 valence electrons. The summed E-state index contributed by atoms with van der Waals surface area (Å²) in [4.78, 5) is 0.0786. The third-order valence-corrected chi connectivity index (χ3v) is 8.86. The largest absolute Gasteiger partial charge is 0.393 e. The Morgan fingerprint density at radius 1 is 0.581 bits per heavy atom. The first kappa shape index (κ1) is 23.2. The van der Waals surface area contributed by atoms with Gasteiger partial charge in [-0.3, -0.25) is 4.55 Å². The lowest BCUT2D eigenvalue weighted by atomic mass is 9.75. The predicted molar refractivity (Wildman–Crippen MR) is 118 cm³/mol. The Bertz CT molecular complexity index is 815. The highest BCUT2D eigenvalue weighted by Crippen LogP contribution is 2.45. The highest BCUT2D eigenvalue weighted by atomic mass is 32.2. The van der Waals surface area contributed by atoms with E-state index in [0.717, 1.165) is 31.2 Å². The van der Waals surface area contributed by atoms with E-state index >= 15 is 0 Å². The maximum Gasteiger partial charge on any atom is 0.295 e. The first-order valence-corrected chi connectivity index (χ1v) is 13.4. The molecular weight excluding hydrogens is 416 g/mol. The SMILES string of the molecule is O=S(=O)(O)c1c(C2CCC(O)CC2)cc(C2CCC(O)CC2)cc1C1CCC(O)CC1. The monoisotopic (exact) mass is 452 g/mol. The Kier molecular flexibility index (Phi) is 7.08. The van der Waals surface area contributed by atoms with Crippen LogP contribution in [0.4, 0.5) is 0 Å². The van der Waals surface area contributed by atoms with Crippen molar-refractivity contribution in [2.45, 2.75) is 118 Å². The van der Waals surface area contributed by atoms with Gasteiger partial charge in [-0.2, -0.15) is 8.42 Å². The van der Waals surface area contributed by atoms with Crippen LogP contribution in [0, 0.1) is 0 Å². The van der Waals surface area contributed by atoms with Gasteiger partial charge >= 0.3 is 0 Å². The predicted octanol–water partition coefficient (Wildman–Crippen LogP) is 3.99. The van der Waals surface area contributed by atoms with Crippen LogP contribution in [0.1, 0.15) is 111 Å². The van der Waals surface area contributed by atoms with E-state index in [4.69, 9.17) is 0 Å². The molecule has 0 aromatic heterocycles. The number of hydrogen-bond acceptors (Lipinski definition) is 5. The van der Waals surface area contributed by atoms with Crippen molar-refractivity contribution in [1.82, 2.24) is 0 Å². The van der Waals surface area contributed by atoms with Crippen molar-refractivity contribution in [3.63, 3.8) is 0 Å². The maximum absolute atomic E-state index is 12.6. The van der Waals surface area contributed by atoms with Crippen LogP contribution < -0.4 is 0 Å². The topological polar surface area (TPSA) is 115 Å². The minimum atomic E-state index is -4.41. The molecule has 3 aliphatic carbocycles. The van der Waals surface area contributed by atoms with Crippen LogP contribution in [0.15, 0.2) is 17.0 Å². The fraction of sp³-hybridized carbons (Fsp3) is 0.750. The first-order valence-electron chi connectivity index (χ1n) is 11.9. The van der Waals surface area contributed by atoms with Crippen LogP contribution in [0.25, 0.3) is 0 Å². The normalized spacial score (nSPS) is 35.1. The average Bonchev–Trinajstić information content (AvgIpc) is 2.74. The molecule has 0 saturated heterocycles. The van der Waals surface area contributed by atoms with Crippen molar-refractivity contribution >= 4 is 10.1 Å². The molecule has 3 saturated carbocycles. The van der Waals surface area contributed by atoms with Crippen molar-refractivity contribution < 1.29 is 28.3 Å². The minimum absolute atomic E-state index is 0.00221. The van der Waals surface area contributed by atoms with E-state index < -0.39 is 10.1 Å². The molecule has 0 heterocycles. The Hall–Kier alpha value is -0.990. The second-order valence-electron chi connectivity index (χ2n) is 10.0. The van der Waals surface area contributed by atoms with Gasteiger partial charge in [0.2, 0.25) is 0 Å². The van der Waals surface area contributed by atoms with Crippen molar-refractivity contribution in [2.75, 3.05) is 0 Å². The molecule has 0 atom stereocenters. The van der Waals surface area contributed by atoms with Gasteiger partial charge in [-0.25, -0.2) is 0 Å². The van der Waals surface area contributed by atoms with E-state index in [1.807, 2.05) is 12.1 Å². The fourth-order valence-corrected chi connectivity index (χ4v) is 7.07. The number of aliphatic hydroxyl groups excluding tert-OH is 3. The molecule has 0 aliphatic heterocycles. The molecule has 6 nitrogen and oxygen atoms in total. The molecule has 3 fully saturated rings. The summed E-state index contributed by atoms with van der Waals surface area (Å²) in [7, 11) is -4.41. The van der Waals surface area contributed by atoms with Crippen LogP contribution in [0.3, 0.4) is 0 Å². The third kappa shape index (κ3) is 5.33. The number of benzene rings is 1. The lowest BCUT2D eigenvalue weighted by Crippen LogP contribution is -2.23. The van der Waals surface area contributed by atoms with E-state index in [-0.39, 0.29) is 41.0 Å². The molecule has 4 rings (SSSR count). The number of hydrogen-bond donors (Lipinski definition) is 4. The molecule has 0 radical (unpaired) electrons. The molecule has 4 N–H and O–H groups in total. The van der Waals surface area contributed by atoms with Crippen molar-refractivity contribution in [3.8, 4) is 0 Å². The van der Waals surface area contributed by atoms with E-state index in [9.17, 15) is 28.3 Å². The zero-order valence-electron chi connectivity index (χ0n) is 18.1. The second-order valence-corrected chi connectivity index (χ2v) is 11.4. The molecule has 1 aromatic carbocycles. The van der Waals surface area contributed by atoms with Crippen molar-refractivity contribution in [1.29, 1.82) is 0 Å². The average molecular weight is 453 g/mol. The maximum atomic E-state index is 12.6. The smallest absolute Gasteiger partial charge is 0.295 e. The minimum Gasteiger partial charge on any atom is -0.393 e. The Balaban J connectivity index is 1.80. The zero-order chi connectivity index (χ0) is 22.2. The summed E-state index contributed by atoms with van der Waals surface area (Å²) in [5.74, 6) is 0.282. The summed E-state index contributed by atoms with van der Waals surface area (Å²) in [6, 6.07) is 3.99. The van der Waals surface area contributed by atoms with Crippen molar-refractivity contribution in [2.24, 2.45) is 0 Å². The summed E-state index contributed by atoms with van der Waals surface area (Å²) in [6.45, 7) is 0. The summed E-state index contributed by atoms with van der Waals surface area (Å²) < 4.78 is 35.6. The van der Waals surface area contributed by atoms with Crippen LogP contribution in [-0.4, -0.2) is 46.6 Å². The van der Waals surface area contributed by atoms with E-state index in [2.05, 4.69) is 0 Å². The molecule has 0 spiro atoms. The molecule has 0 amide bonds. The molecular formula is C24H36O6S. The van der Waals surface area contributed by atoms with Gasteiger partial charge in [0.1, 0.15) is 4.90 Å². The van der Waals surface area contributed by atoms with Gasteiger partial charge in [0.25, 0.3) is 10.1 Å². The van der Waals surface area contributed by atoms with Gasteiger partial charge in [0, 0.05) is 0 Å². The molecule has 1 aromatic rings. The van der Waals surface area contributed by atoms with E-state index in [1.165, 1.54) is 0 Å². The van der Waals surface area contributed by atoms with E-state index in [1.54, 1.807) is 0 Å². The number of aliphatic hydroxyl groups is 3. The van der Waals surface area contributed by atoms with Crippen LogP contribution >= 0.6 is 0 Å². The summed E-state index contributed by atoms with van der Waals surface area (Å²) in [5, 5.41) is 29.8. The summed E-state index contributed by atoms with van der Waals surface area (Å²) >= 11 is 0. The standard InChI is InChI=1S/C24H36O6S/c25-19-7-1-15(2-8-19)18-13-22(16-3-9-20(26)10-4-16)24(31(28,29)30)23(14-18)17-5-11-21(27)12-6-17/h13-17,19-21,25-27H,1-12H2,(H,28,29,30). The highest BCUT2D eigenvalue weighted by Gasteiger charge is 2.34.